The Balaban J connectivity index is 1.60. The number of carbonyl (C=O) groups excluding carboxylic acids is 1. The highest BCUT2D eigenvalue weighted by Crippen LogP contribution is 2.34. The third-order valence-electron chi connectivity index (χ3n) is 3.74. The Morgan fingerprint density at radius 2 is 2.04 bits per heavy atom. The number of benzene rings is 1. The van der Waals surface area contributed by atoms with E-state index in [1.165, 1.54) is 6.08 Å². The van der Waals surface area contributed by atoms with Crippen LogP contribution in [0, 0.1) is 6.92 Å². The average Bonchev–Trinajstić information content (AvgIpc) is 3.19. The fourth-order valence-corrected chi connectivity index (χ4v) is 2.44. The summed E-state index contributed by atoms with van der Waals surface area (Å²) in [6.07, 6.45) is 2.10. The van der Waals surface area contributed by atoms with Crippen LogP contribution in [0.4, 0.5) is 0 Å². The molecule has 0 radical (unpaired) electrons. The number of furan rings is 1. The van der Waals surface area contributed by atoms with E-state index in [1.807, 2.05) is 13.0 Å². The molecule has 2 atom stereocenters. The summed E-state index contributed by atoms with van der Waals surface area (Å²) in [5, 5.41) is 13.1. The van der Waals surface area contributed by atoms with E-state index in [2.05, 4.69) is 5.32 Å². The third-order valence-corrected chi connectivity index (χ3v) is 3.74. The molecule has 0 saturated heterocycles. The Morgan fingerprint density at radius 1 is 1.25 bits per heavy atom. The van der Waals surface area contributed by atoms with E-state index in [-0.39, 0.29) is 12.7 Å². The van der Waals surface area contributed by atoms with E-state index in [9.17, 15) is 9.90 Å². The van der Waals surface area contributed by atoms with Crippen molar-refractivity contribution in [3.63, 3.8) is 0 Å². The van der Waals surface area contributed by atoms with Gasteiger partial charge >= 0.3 is 0 Å². The van der Waals surface area contributed by atoms with Crippen molar-refractivity contribution in [2.45, 2.75) is 26.0 Å². The van der Waals surface area contributed by atoms with Crippen LogP contribution in [0.3, 0.4) is 0 Å². The smallest absolute Gasteiger partial charge is 0.244 e. The predicted molar refractivity (Wildman–Crippen MR) is 87.6 cm³/mol. The van der Waals surface area contributed by atoms with Gasteiger partial charge in [-0.25, -0.2) is 0 Å². The topological polar surface area (TPSA) is 80.9 Å². The molecule has 24 heavy (non-hydrogen) atoms. The van der Waals surface area contributed by atoms with Crippen molar-refractivity contribution < 1.29 is 23.8 Å². The summed E-state index contributed by atoms with van der Waals surface area (Å²) in [7, 11) is 0. The molecule has 2 aromatic rings. The van der Waals surface area contributed by atoms with Crippen LogP contribution >= 0.6 is 0 Å². The lowest BCUT2D eigenvalue weighted by Crippen LogP contribution is -2.36. The molecule has 1 aromatic heterocycles. The molecule has 126 valence electrons. The van der Waals surface area contributed by atoms with Crippen LogP contribution in [0.25, 0.3) is 6.08 Å². The minimum absolute atomic E-state index is 0.179. The fourth-order valence-electron chi connectivity index (χ4n) is 2.44. The van der Waals surface area contributed by atoms with Crippen LogP contribution in [0.5, 0.6) is 11.5 Å². The van der Waals surface area contributed by atoms with Gasteiger partial charge in [-0.1, -0.05) is 6.07 Å². The number of hydrogen-bond donors (Lipinski definition) is 2. The number of aliphatic hydroxyl groups excluding tert-OH is 1. The number of aryl methyl sites for hydroxylation is 1. The van der Waals surface area contributed by atoms with Crippen molar-refractivity contribution in [2.75, 3.05) is 6.79 Å². The average molecular weight is 329 g/mol. The second-order valence-electron chi connectivity index (χ2n) is 5.64. The Morgan fingerprint density at radius 3 is 2.79 bits per heavy atom. The van der Waals surface area contributed by atoms with Crippen molar-refractivity contribution >= 4 is 12.0 Å². The van der Waals surface area contributed by atoms with Gasteiger partial charge in [0.15, 0.2) is 11.5 Å². The van der Waals surface area contributed by atoms with Gasteiger partial charge < -0.3 is 24.3 Å². The molecule has 1 aromatic carbocycles. The quantitative estimate of drug-likeness (QED) is 0.824. The first-order chi connectivity index (χ1) is 11.5. The van der Waals surface area contributed by atoms with Gasteiger partial charge in [-0.3, -0.25) is 4.79 Å². The summed E-state index contributed by atoms with van der Waals surface area (Å²) in [6.45, 7) is 3.75. The lowest BCUT2D eigenvalue weighted by molar-refractivity contribution is -0.117. The van der Waals surface area contributed by atoms with Gasteiger partial charge in [0, 0.05) is 6.08 Å². The van der Waals surface area contributed by atoms with E-state index in [0.717, 1.165) is 5.76 Å². The van der Waals surface area contributed by atoms with Crippen LogP contribution in [0.1, 0.15) is 30.1 Å². The number of hydrogen-bond acceptors (Lipinski definition) is 5. The van der Waals surface area contributed by atoms with Gasteiger partial charge in [0.2, 0.25) is 12.7 Å². The monoisotopic (exact) mass is 329 g/mol. The highest BCUT2D eigenvalue weighted by molar-refractivity contribution is 5.91. The minimum atomic E-state index is -0.859. The molecule has 2 N–H and O–H groups in total. The Bertz CT molecular complexity index is 765. The van der Waals surface area contributed by atoms with E-state index in [1.54, 1.807) is 37.3 Å². The van der Waals surface area contributed by atoms with E-state index in [0.29, 0.717) is 22.8 Å². The van der Waals surface area contributed by atoms with Crippen molar-refractivity contribution in [2.24, 2.45) is 0 Å². The summed E-state index contributed by atoms with van der Waals surface area (Å²) in [6, 6.07) is 8.35. The number of fused-ring (bicyclic) bond motifs is 1. The maximum atomic E-state index is 12.0. The fraction of sp³-hybridized carbons (Fsp3) is 0.278. The highest BCUT2D eigenvalue weighted by atomic mass is 16.7. The first kappa shape index (κ1) is 16.1. The number of rotatable bonds is 5. The van der Waals surface area contributed by atoms with Crippen LogP contribution in [-0.4, -0.2) is 23.8 Å². The molecule has 6 heteroatoms. The van der Waals surface area contributed by atoms with E-state index in [4.69, 9.17) is 13.9 Å². The van der Waals surface area contributed by atoms with Crippen molar-refractivity contribution in [3.8, 4) is 11.5 Å². The SMILES string of the molecule is Cc1ccc(/C=C/C(=O)N[C@@H](C)[C@H](O)c2ccc3c(c2)OCO3)o1. The Labute approximate surface area is 139 Å². The molecule has 0 saturated carbocycles. The maximum Gasteiger partial charge on any atom is 0.244 e. The maximum absolute atomic E-state index is 12.0. The zero-order valence-electron chi connectivity index (χ0n) is 13.5. The van der Waals surface area contributed by atoms with Crippen molar-refractivity contribution in [1.29, 1.82) is 0 Å². The minimum Gasteiger partial charge on any atom is -0.462 e. The molecule has 2 heterocycles. The molecule has 0 fully saturated rings. The zero-order valence-corrected chi connectivity index (χ0v) is 13.5. The van der Waals surface area contributed by atoms with Crippen LogP contribution in [-0.2, 0) is 4.79 Å². The molecular formula is C18H19NO5. The van der Waals surface area contributed by atoms with E-state index < -0.39 is 12.1 Å². The molecule has 1 aliphatic rings. The van der Waals surface area contributed by atoms with E-state index >= 15 is 0 Å². The molecule has 0 bridgehead atoms. The third kappa shape index (κ3) is 3.60. The molecular weight excluding hydrogens is 310 g/mol. The Hall–Kier alpha value is -2.73. The first-order valence-electron chi connectivity index (χ1n) is 7.65. The molecule has 1 amide bonds. The molecule has 0 unspecified atom stereocenters. The van der Waals surface area contributed by atoms with Crippen LogP contribution < -0.4 is 14.8 Å². The summed E-state index contributed by atoms with van der Waals surface area (Å²) in [5.74, 6) is 2.32. The second-order valence-corrected chi connectivity index (χ2v) is 5.64. The summed E-state index contributed by atoms with van der Waals surface area (Å²) in [4.78, 5) is 12.0. The van der Waals surface area contributed by atoms with Gasteiger partial charge in [-0.15, -0.1) is 0 Å². The standard InChI is InChI=1S/C18H19NO5/c1-11-3-5-14(24-11)6-8-17(20)19-12(2)18(21)13-4-7-15-16(9-13)23-10-22-15/h3-9,12,18,21H,10H2,1-2H3,(H,19,20)/b8-6+/t12-,18-/m0/s1. The molecule has 1 aliphatic heterocycles. The van der Waals surface area contributed by atoms with Gasteiger partial charge in [-0.05, 0) is 49.8 Å². The second kappa shape index (κ2) is 6.80. The number of aliphatic hydroxyl groups is 1. The summed E-state index contributed by atoms with van der Waals surface area (Å²) in [5.41, 5.74) is 0.651. The van der Waals surface area contributed by atoms with Gasteiger partial charge in [0.05, 0.1) is 12.1 Å². The predicted octanol–water partition coefficient (Wildman–Crippen LogP) is 2.57. The number of carbonyl (C=O) groups is 1. The van der Waals surface area contributed by atoms with Crippen LogP contribution in [0.15, 0.2) is 40.8 Å². The summed E-state index contributed by atoms with van der Waals surface area (Å²) < 4.78 is 15.9. The zero-order chi connectivity index (χ0) is 17.1. The molecule has 6 nitrogen and oxygen atoms in total. The van der Waals surface area contributed by atoms with Gasteiger partial charge in [0.25, 0.3) is 0 Å². The first-order valence-corrected chi connectivity index (χ1v) is 7.65. The normalized spacial score (nSPS) is 15.5. The number of nitrogens with one attached hydrogen (secondary N) is 1. The lowest BCUT2D eigenvalue weighted by atomic mass is 10.0. The van der Waals surface area contributed by atoms with Crippen LogP contribution in [0.2, 0.25) is 0 Å². The highest BCUT2D eigenvalue weighted by Gasteiger charge is 2.21. The largest absolute Gasteiger partial charge is 0.462 e. The number of amides is 1. The van der Waals surface area contributed by atoms with Gasteiger partial charge in [0.1, 0.15) is 11.5 Å². The molecule has 0 aliphatic carbocycles. The summed E-state index contributed by atoms with van der Waals surface area (Å²) >= 11 is 0. The lowest BCUT2D eigenvalue weighted by Gasteiger charge is -2.20. The number of ether oxygens (including phenoxy) is 2. The van der Waals surface area contributed by atoms with Crippen molar-refractivity contribution in [1.82, 2.24) is 5.32 Å². The Kier molecular flexibility index (Phi) is 4.57. The molecule has 3 rings (SSSR count). The van der Waals surface area contributed by atoms with Crippen molar-refractivity contribution in [3.05, 3.63) is 53.5 Å². The van der Waals surface area contributed by atoms with Gasteiger partial charge in [-0.2, -0.15) is 0 Å². The molecule has 0 spiro atoms.